The molecule has 1 fully saturated rings. The van der Waals surface area contributed by atoms with Crippen LogP contribution >= 0.6 is 0 Å². The predicted octanol–water partition coefficient (Wildman–Crippen LogP) is 4.31. The number of carboxylic acids is 1. The van der Waals surface area contributed by atoms with Crippen molar-refractivity contribution >= 4 is 11.9 Å². The molecule has 0 saturated carbocycles. The molecule has 0 spiro atoms. The molecule has 30 heavy (non-hydrogen) atoms. The first kappa shape index (κ1) is 19.9. The van der Waals surface area contributed by atoms with Gasteiger partial charge >= 0.3 is 5.97 Å². The number of hydrogen-bond donors (Lipinski definition) is 1. The normalized spacial score (nSPS) is 15.9. The molecular formula is C24H25N3O3. The fourth-order valence-electron chi connectivity index (χ4n) is 4.00. The van der Waals surface area contributed by atoms with E-state index in [9.17, 15) is 9.90 Å². The molecule has 1 N–H and O–H groups in total. The van der Waals surface area contributed by atoms with Gasteiger partial charge in [-0.1, -0.05) is 42.5 Å². The van der Waals surface area contributed by atoms with Gasteiger partial charge in [0.2, 0.25) is 5.95 Å². The summed E-state index contributed by atoms with van der Waals surface area (Å²) in [5.74, 6) is 0.438. The summed E-state index contributed by atoms with van der Waals surface area (Å²) in [6.07, 6.45) is 4.80. The highest BCUT2D eigenvalue weighted by Gasteiger charge is 2.29. The van der Waals surface area contributed by atoms with Crippen LogP contribution in [0.4, 0.5) is 5.95 Å². The number of hydrogen-bond acceptors (Lipinski definition) is 5. The van der Waals surface area contributed by atoms with E-state index in [1.807, 2.05) is 42.5 Å². The zero-order valence-electron chi connectivity index (χ0n) is 17.0. The van der Waals surface area contributed by atoms with E-state index in [2.05, 4.69) is 22.0 Å². The Bertz CT molecular complexity index is 1010. The quantitative estimate of drug-likeness (QED) is 0.634. The second kappa shape index (κ2) is 8.95. The number of aromatic carboxylic acids is 1. The van der Waals surface area contributed by atoms with Gasteiger partial charge in [0.15, 0.2) is 0 Å². The van der Waals surface area contributed by atoms with Gasteiger partial charge in [-0.3, -0.25) is 0 Å². The SMILES string of the molecule is COc1ccc(C2CCCN2c2ncc(C(=O)O)c(CCc3ccccc3)n2)cc1. The van der Waals surface area contributed by atoms with E-state index in [0.717, 1.165) is 37.1 Å². The standard InChI is InChI=1S/C24H25N3O3/c1-30-19-12-10-18(11-13-19)22-8-5-15-27(22)24-25-16-20(23(28)29)21(26-24)14-9-17-6-3-2-4-7-17/h2-4,6-7,10-13,16,22H,5,8-9,14-15H2,1H3,(H,28,29). The molecule has 0 amide bonds. The lowest BCUT2D eigenvalue weighted by atomic mass is 10.0. The summed E-state index contributed by atoms with van der Waals surface area (Å²) < 4.78 is 5.26. The smallest absolute Gasteiger partial charge is 0.339 e. The number of anilines is 1. The Labute approximate surface area is 176 Å². The van der Waals surface area contributed by atoms with Crippen molar-refractivity contribution in [3.63, 3.8) is 0 Å². The van der Waals surface area contributed by atoms with Crippen LogP contribution in [-0.4, -0.2) is 34.7 Å². The molecule has 1 unspecified atom stereocenters. The lowest BCUT2D eigenvalue weighted by molar-refractivity contribution is 0.0694. The Morgan fingerprint density at radius 1 is 1.13 bits per heavy atom. The van der Waals surface area contributed by atoms with Gasteiger partial charge in [-0.05, 0) is 48.9 Å². The molecule has 1 aromatic heterocycles. The zero-order chi connectivity index (χ0) is 20.9. The van der Waals surface area contributed by atoms with Crippen LogP contribution in [0.3, 0.4) is 0 Å². The Balaban J connectivity index is 1.60. The topological polar surface area (TPSA) is 75.5 Å². The second-order valence-electron chi connectivity index (χ2n) is 7.45. The highest BCUT2D eigenvalue weighted by Crippen LogP contribution is 2.35. The molecule has 2 aromatic carbocycles. The Hall–Kier alpha value is -3.41. The van der Waals surface area contributed by atoms with Crippen LogP contribution < -0.4 is 9.64 Å². The first-order valence-electron chi connectivity index (χ1n) is 10.2. The van der Waals surface area contributed by atoms with Gasteiger partial charge in [0.1, 0.15) is 5.75 Å². The summed E-state index contributed by atoms with van der Waals surface area (Å²) in [6.45, 7) is 0.848. The van der Waals surface area contributed by atoms with Crippen LogP contribution in [0.2, 0.25) is 0 Å². The van der Waals surface area contributed by atoms with Gasteiger partial charge in [-0.15, -0.1) is 0 Å². The van der Waals surface area contributed by atoms with Crippen molar-refractivity contribution in [2.75, 3.05) is 18.6 Å². The molecule has 3 aromatic rings. The van der Waals surface area contributed by atoms with Crippen molar-refractivity contribution in [1.82, 2.24) is 9.97 Å². The fourth-order valence-corrected chi connectivity index (χ4v) is 4.00. The Morgan fingerprint density at radius 3 is 2.60 bits per heavy atom. The van der Waals surface area contributed by atoms with Crippen LogP contribution in [0.25, 0.3) is 0 Å². The number of benzene rings is 2. The van der Waals surface area contributed by atoms with Crippen LogP contribution in [-0.2, 0) is 12.8 Å². The minimum absolute atomic E-state index is 0.175. The average molecular weight is 403 g/mol. The summed E-state index contributed by atoms with van der Waals surface area (Å²) >= 11 is 0. The Kier molecular flexibility index (Phi) is 5.93. The van der Waals surface area contributed by atoms with Crippen molar-refractivity contribution < 1.29 is 14.6 Å². The van der Waals surface area contributed by atoms with Gasteiger partial charge in [0, 0.05) is 12.7 Å². The molecule has 0 aliphatic carbocycles. The highest BCUT2D eigenvalue weighted by atomic mass is 16.5. The van der Waals surface area contributed by atoms with E-state index in [1.54, 1.807) is 7.11 Å². The van der Waals surface area contributed by atoms with Gasteiger partial charge in [-0.2, -0.15) is 0 Å². The molecule has 0 bridgehead atoms. The van der Waals surface area contributed by atoms with Crippen LogP contribution in [0.5, 0.6) is 5.75 Å². The van der Waals surface area contributed by atoms with E-state index in [-0.39, 0.29) is 11.6 Å². The first-order chi connectivity index (χ1) is 14.7. The fraction of sp³-hybridized carbons (Fsp3) is 0.292. The molecule has 1 saturated heterocycles. The molecule has 1 aliphatic rings. The summed E-state index contributed by atoms with van der Waals surface area (Å²) in [6, 6.07) is 18.3. The van der Waals surface area contributed by atoms with Gasteiger partial charge < -0.3 is 14.7 Å². The monoisotopic (exact) mass is 403 g/mol. The maximum Gasteiger partial charge on any atom is 0.339 e. The lowest BCUT2D eigenvalue weighted by Gasteiger charge is -2.25. The molecule has 1 atom stereocenters. The summed E-state index contributed by atoms with van der Waals surface area (Å²) in [5.41, 5.74) is 3.10. The maximum atomic E-state index is 11.7. The van der Waals surface area contributed by atoms with Crippen molar-refractivity contribution in [3.05, 3.63) is 83.2 Å². The molecule has 0 radical (unpaired) electrons. The molecular weight excluding hydrogens is 378 g/mol. The third kappa shape index (κ3) is 4.27. The number of carboxylic acid groups (broad SMARTS) is 1. The third-order valence-electron chi connectivity index (χ3n) is 5.59. The molecule has 1 aliphatic heterocycles. The third-order valence-corrected chi connectivity index (χ3v) is 5.59. The van der Waals surface area contributed by atoms with Gasteiger partial charge in [0.25, 0.3) is 0 Å². The number of ether oxygens (including phenoxy) is 1. The lowest BCUT2D eigenvalue weighted by Crippen LogP contribution is -2.25. The molecule has 154 valence electrons. The number of nitrogens with zero attached hydrogens (tertiary/aromatic N) is 3. The van der Waals surface area contributed by atoms with Crippen LogP contribution in [0.15, 0.2) is 60.8 Å². The number of aryl methyl sites for hydroxylation is 2. The second-order valence-corrected chi connectivity index (χ2v) is 7.45. The number of aromatic nitrogens is 2. The van der Waals surface area contributed by atoms with E-state index < -0.39 is 5.97 Å². The molecule has 2 heterocycles. The summed E-state index contributed by atoms with van der Waals surface area (Å²) in [4.78, 5) is 23.0. The first-order valence-corrected chi connectivity index (χ1v) is 10.2. The minimum atomic E-state index is -0.988. The van der Waals surface area contributed by atoms with E-state index in [1.165, 1.54) is 11.8 Å². The largest absolute Gasteiger partial charge is 0.497 e. The van der Waals surface area contributed by atoms with Gasteiger partial charge in [0.05, 0.1) is 24.4 Å². The number of carbonyl (C=O) groups is 1. The van der Waals surface area contributed by atoms with Crippen molar-refractivity contribution in [1.29, 1.82) is 0 Å². The van der Waals surface area contributed by atoms with E-state index in [4.69, 9.17) is 9.72 Å². The molecule has 6 nitrogen and oxygen atoms in total. The van der Waals surface area contributed by atoms with Crippen LogP contribution in [0.1, 0.15) is 46.1 Å². The van der Waals surface area contributed by atoms with Crippen LogP contribution in [0, 0.1) is 0 Å². The van der Waals surface area contributed by atoms with Crippen molar-refractivity contribution in [2.24, 2.45) is 0 Å². The van der Waals surface area contributed by atoms with Gasteiger partial charge in [-0.25, -0.2) is 14.8 Å². The summed E-state index contributed by atoms with van der Waals surface area (Å²) in [5, 5.41) is 9.59. The van der Waals surface area contributed by atoms with E-state index in [0.29, 0.717) is 18.1 Å². The number of methoxy groups -OCH3 is 1. The zero-order valence-corrected chi connectivity index (χ0v) is 17.0. The predicted molar refractivity (Wildman–Crippen MR) is 115 cm³/mol. The minimum Gasteiger partial charge on any atom is -0.497 e. The highest BCUT2D eigenvalue weighted by molar-refractivity contribution is 5.88. The maximum absolute atomic E-state index is 11.7. The van der Waals surface area contributed by atoms with E-state index >= 15 is 0 Å². The molecule has 4 rings (SSSR count). The average Bonchev–Trinajstić information content (AvgIpc) is 3.28. The number of rotatable bonds is 7. The Morgan fingerprint density at radius 2 is 1.90 bits per heavy atom. The molecule has 6 heteroatoms. The van der Waals surface area contributed by atoms with Crippen molar-refractivity contribution in [3.8, 4) is 5.75 Å². The van der Waals surface area contributed by atoms with Crippen molar-refractivity contribution in [2.45, 2.75) is 31.7 Å². The summed E-state index contributed by atoms with van der Waals surface area (Å²) in [7, 11) is 1.66.